The lowest BCUT2D eigenvalue weighted by atomic mass is 10.3. The van der Waals surface area contributed by atoms with E-state index in [-0.39, 0.29) is 36.2 Å². The molecule has 9 nitrogen and oxygen atoms in total. The van der Waals surface area contributed by atoms with Crippen molar-refractivity contribution in [2.75, 3.05) is 24.2 Å². The lowest BCUT2D eigenvalue weighted by molar-refractivity contribution is -0.384. The van der Waals surface area contributed by atoms with Gasteiger partial charge in [0.05, 0.1) is 28.4 Å². The first kappa shape index (κ1) is 18.5. The van der Waals surface area contributed by atoms with Gasteiger partial charge in [-0.2, -0.15) is 0 Å². The molecule has 10 heteroatoms. The van der Waals surface area contributed by atoms with Gasteiger partial charge >= 0.3 is 5.97 Å². The molecule has 1 fully saturated rings. The summed E-state index contributed by atoms with van der Waals surface area (Å²) in [5.41, 5.74) is 0.0860. The molecular weight excluding hydrogens is 350 g/mol. The molecule has 1 saturated heterocycles. The second-order valence-electron chi connectivity index (χ2n) is 4.86. The van der Waals surface area contributed by atoms with Crippen LogP contribution < -0.4 is 5.32 Å². The molecule has 0 aromatic heterocycles. The smallest absolute Gasteiger partial charge is 0.333 e. The minimum Gasteiger partial charge on any atom is -0.463 e. The van der Waals surface area contributed by atoms with Gasteiger partial charge in [0.1, 0.15) is 6.54 Å². The van der Waals surface area contributed by atoms with Crippen LogP contribution in [0.1, 0.15) is 6.92 Å². The van der Waals surface area contributed by atoms with Crippen molar-refractivity contribution in [3.05, 3.63) is 45.5 Å². The Morgan fingerprint density at radius 1 is 1.48 bits per heavy atom. The molecule has 25 heavy (non-hydrogen) atoms. The Morgan fingerprint density at radius 2 is 2.24 bits per heavy atom. The number of nitro benzene ring substituents is 1. The number of nitro groups is 1. The number of anilines is 1. The molecule has 0 aliphatic carbocycles. The number of benzene rings is 1. The van der Waals surface area contributed by atoms with Crippen molar-refractivity contribution in [2.24, 2.45) is 0 Å². The Kier molecular flexibility index (Phi) is 6.12. The molecule has 2 amide bonds. The third-order valence-corrected chi connectivity index (χ3v) is 4.11. The van der Waals surface area contributed by atoms with Gasteiger partial charge in [0.15, 0.2) is 0 Å². The zero-order valence-electron chi connectivity index (χ0n) is 13.3. The number of esters is 1. The van der Waals surface area contributed by atoms with Crippen LogP contribution in [0.2, 0.25) is 0 Å². The van der Waals surface area contributed by atoms with Crippen LogP contribution in [0.25, 0.3) is 0 Å². The van der Waals surface area contributed by atoms with E-state index in [1.165, 1.54) is 35.2 Å². The molecule has 1 aliphatic heterocycles. The van der Waals surface area contributed by atoms with E-state index < -0.39 is 16.8 Å². The molecule has 1 aromatic carbocycles. The van der Waals surface area contributed by atoms with Gasteiger partial charge in [-0.05, 0) is 13.0 Å². The van der Waals surface area contributed by atoms with Gasteiger partial charge in [-0.25, -0.2) is 4.79 Å². The number of non-ortho nitro benzene ring substituents is 1. The summed E-state index contributed by atoms with van der Waals surface area (Å²) >= 11 is 1.13. The molecule has 0 saturated carbocycles. The highest BCUT2D eigenvalue weighted by Gasteiger charge is 2.29. The average Bonchev–Trinajstić information content (AvgIpc) is 2.88. The van der Waals surface area contributed by atoms with Gasteiger partial charge in [-0.3, -0.25) is 24.6 Å². The summed E-state index contributed by atoms with van der Waals surface area (Å²) < 4.78 is 4.79. The van der Waals surface area contributed by atoms with Crippen LogP contribution in [0, 0.1) is 10.1 Å². The van der Waals surface area contributed by atoms with Gasteiger partial charge in [-0.15, -0.1) is 0 Å². The minimum absolute atomic E-state index is 0.120. The number of ether oxygens (including phenoxy) is 1. The van der Waals surface area contributed by atoms with E-state index in [0.717, 1.165) is 11.8 Å². The number of carbonyl (C=O) groups is 3. The summed E-state index contributed by atoms with van der Waals surface area (Å²) in [7, 11) is 0. The Balaban J connectivity index is 2.05. The maximum atomic E-state index is 12.1. The quantitative estimate of drug-likeness (QED) is 0.351. The van der Waals surface area contributed by atoms with E-state index >= 15 is 0 Å². The first-order chi connectivity index (χ1) is 11.9. The van der Waals surface area contributed by atoms with Crippen molar-refractivity contribution < 1.29 is 24.0 Å². The normalized spacial score (nSPS) is 15.3. The number of nitrogens with one attached hydrogen (secondary N) is 1. The molecule has 2 rings (SSSR count). The van der Waals surface area contributed by atoms with Gasteiger partial charge < -0.3 is 10.1 Å². The van der Waals surface area contributed by atoms with E-state index in [1.54, 1.807) is 6.92 Å². The third kappa shape index (κ3) is 5.05. The summed E-state index contributed by atoms with van der Waals surface area (Å²) in [4.78, 5) is 46.9. The van der Waals surface area contributed by atoms with Crippen LogP contribution >= 0.6 is 11.8 Å². The van der Waals surface area contributed by atoms with Crippen molar-refractivity contribution in [3.8, 4) is 0 Å². The monoisotopic (exact) mass is 365 g/mol. The van der Waals surface area contributed by atoms with E-state index in [2.05, 4.69) is 5.32 Å². The van der Waals surface area contributed by atoms with Crippen molar-refractivity contribution >= 4 is 40.9 Å². The number of amides is 2. The maximum Gasteiger partial charge on any atom is 0.333 e. The van der Waals surface area contributed by atoms with Crippen molar-refractivity contribution in [1.82, 2.24) is 4.90 Å². The predicted molar refractivity (Wildman–Crippen MR) is 90.6 cm³/mol. The van der Waals surface area contributed by atoms with Crippen LogP contribution in [0.3, 0.4) is 0 Å². The fraction of sp³-hybridized carbons (Fsp3) is 0.267. The standard InChI is InChI=1S/C15H15N3O6S/c1-2-24-15(21)7-14-17(13(20)9-25-14)8-12(19)16-10-4-3-5-11(6-10)18(22)23/h3-7H,2,8-9H2,1H3,(H,16,19)/b14-7-. The lowest BCUT2D eigenvalue weighted by Gasteiger charge is -2.16. The van der Waals surface area contributed by atoms with Crippen LogP contribution in [0.4, 0.5) is 11.4 Å². The second-order valence-corrected chi connectivity index (χ2v) is 5.85. The fourth-order valence-electron chi connectivity index (χ4n) is 2.03. The van der Waals surface area contributed by atoms with Crippen molar-refractivity contribution in [3.63, 3.8) is 0 Å². The Labute approximate surface area is 147 Å². The van der Waals surface area contributed by atoms with E-state index in [1.807, 2.05) is 0 Å². The highest BCUT2D eigenvalue weighted by atomic mass is 32.2. The van der Waals surface area contributed by atoms with Crippen LogP contribution in [-0.4, -0.2) is 46.5 Å². The number of rotatable bonds is 6. The largest absolute Gasteiger partial charge is 0.463 e. The Bertz CT molecular complexity index is 749. The van der Waals surface area contributed by atoms with Gasteiger partial charge in [0.2, 0.25) is 11.8 Å². The topological polar surface area (TPSA) is 119 Å². The molecule has 1 aliphatic rings. The summed E-state index contributed by atoms with van der Waals surface area (Å²) in [6, 6.07) is 5.46. The molecule has 0 radical (unpaired) electrons. The molecule has 1 heterocycles. The molecule has 1 N–H and O–H groups in total. The minimum atomic E-state index is -0.594. The van der Waals surface area contributed by atoms with Gasteiger partial charge in [0, 0.05) is 17.8 Å². The molecule has 0 bridgehead atoms. The highest BCUT2D eigenvalue weighted by Crippen LogP contribution is 2.28. The van der Waals surface area contributed by atoms with Crippen LogP contribution in [0.5, 0.6) is 0 Å². The van der Waals surface area contributed by atoms with Crippen molar-refractivity contribution in [1.29, 1.82) is 0 Å². The summed E-state index contributed by atoms with van der Waals surface area (Å²) in [5.74, 6) is -1.32. The molecule has 132 valence electrons. The SMILES string of the molecule is CCOC(=O)/C=C1\SCC(=O)N1CC(=O)Nc1cccc([N+](=O)[O-])c1. The number of thioether (sulfide) groups is 1. The van der Waals surface area contributed by atoms with E-state index in [4.69, 9.17) is 4.74 Å². The maximum absolute atomic E-state index is 12.1. The van der Waals surface area contributed by atoms with Crippen LogP contribution in [0.15, 0.2) is 35.4 Å². The third-order valence-electron chi connectivity index (χ3n) is 3.08. The first-order valence-corrected chi connectivity index (χ1v) is 8.25. The Morgan fingerprint density at radius 3 is 2.92 bits per heavy atom. The lowest BCUT2D eigenvalue weighted by Crippen LogP contribution is -2.34. The predicted octanol–water partition coefficient (Wildman–Crippen LogP) is 1.51. The molecule has 0 atom stereocenters. The highest BCUT2D eigenvalue weighted by molar-refractivity contribution is 8.04. The van der Waals surface area contributed by atoms with Crippen LogP contribution in [-0.2, 0) is 19.1 Å². The number of hydrogen-bond donors (Lipinski definition) is 1. The van der Waals surface area contributed by atoms with E-state index in [9.17, 15) is 24.5 Å². The van der Waals surface area contributed by atoms with Gasteiger partial charge in [0.25, 0.3) is 5.69 Å². The summed E-state index contributed by atoms with van der Waals surface area (Å²) in [5, 5.41) is 13.6. The summed E-state index contributed by atoms with van der Waals surface area (Å²) in [6.45, 7) is 1.56. The van der Waals surface area contributed by atoms with Gasteiger partial charge in [-0.1, -0.05) is 17.8 Å². The summed E-state index contributed by atoms with van der Waals surface area (Å²) in [6.07, 6.45) is 1.17. The fourth-order valence-corrected chi connectivity index (χ4v) is 2.96. The molecular formula is C15H15N3O6S. The number of nitrogens with zero attached hydrogens (tertiary/aromatic N) is 2. The molecule has 0 spiro atoms. The molecule has 1 aromatic rings. The zero-order chi connectivity index (χ0) is 18.4. The number of hydrogen-bond acceptors (Lipinski definition) is 7. The Hall–Kier alpha value is -2.88. The average molecular weight is 365 g/mol. The van der Waals surface area contributed by atoms with E-state index in [0.29, 0.717) is 5.03 Å². The van der Waals surface area contributed by atoms with Crippen molar-refractivity contribution in [2.45, 2.75) is 6.92 Å². The second kappa shape index (κ2) is 8.29. The first-order valence-electron chi connectivity index (χ1n) is 7.26. The molecule has 0 unspecified atom stereocenters. The number of carbonyl (C=O) groups excluding carboxylic acids is 3. The zero-order valence-corrected chi connectivity index (χ0v) is 14.1.